The van der Waals surface area contributed by atoms with Crippen molar-refractivity contribution < 1.29 is 24.5 Å². The lowest BCUT2D eigenvalue weighted by molar-refractivity contribution is -0.139. The molecule has 6 nitrogen and oxygen atoms in total. The second-order valence-electron chi connectivity index (χ2n) is 4.74. The Morgan fingerprint density at radius 1 is 1.35 bits per heavy atom. The van der Waals surface area contributed by atoms with Gasteiger partial charge in [0, 0.05) is 13.0 Å². The van der Waals surface area contributed by atoms with Gasteiger partial charge in [-0.2, -0.15) is 0 Å². The first-order valence-electron chi connectivity index (χ1n) is 6.61. The molecule has 0 saturated heterocycles. The van der Waals surface area contributed by atoms with Gasteiger partial charge in [-0.3, -0.25) is 4.79 Å². The standard InChI is InChI=1S/C14H19NO5/c1-9(14(17)18)15-8-11(16)10-3-4-12-13(7-10)20-6-2-5-19-12/h3-4,7,9,11,15-16H,2,5-6,8H2,1H3,(H,17,18). The second kappa shape index (κ2) is 6.58. The third-order valence-corrected chi connectivity index (χ3v) is 3.14. The van der Waals surface area contributed by atoms with Crippen molar-refractivity contribution >= 4 is 5.97 Å². The van der Waals surface area contributed by atoms with Crippen molar-refractivity contribution in [3.63, 3.8) is 0 Å². The Bertz CT molecular complexity index is 477. The molecule has 1 aromatic rings. The second-order valence-corrected chi connectivity index (χ2v) is 4.74. The molecule has 0 bridgehead atoms. The van der Waals surface area contributed by atoms with E-state index in [2.05, 4.69) is 5.32 Å². The summed E-state index contributed by atoms with van der Waals surface area (Å²) in [7, 11) is 0. The summed E-state index contributed by atoms with van der Waals surface area (Å²) in [5.74, 6) is 0.339. The molecule has 2 atom stereocenters. The third kappa shape index (κ3) is 3.61. The highest BCUT2D eigenvalue weighted by atomic mass is 16.5. The van der Waals surface area contributed by atoms with Crippen LogP contribution in [0.4, 0.5) is 0 Å². The van der Waals surface area contributed by atoms with Gasteiger partial charge in [-0.05, 0) is 24.6 Å². The Kier molecular flexibility index (Phi) is 4.81. The lowest BCUT2D eigenvalue weighted by Crippen LogP contribution is -2.36. The number of hydrogen-bond donors (Lipinski definition) is 3. The van der Waals surface area contributed by atoms with Crippen molar-refractivity contribution in [2.75, 3.05) is 19.8 Å². The number of fused-ring (bicyclic) bond motifs is 1. The number of aliphatic carboxylic acids is 1. The Balaban J connectivity index is 2.01. The highest BCUT2D eigenvalue weighted by Crippen LogP contribution is 2.32. The molecule has 0 aromatic heterocycles. The minimum absolute atomic E-state index is 0.160. The number of benzene rings is 1. The molecule has 0 aliphatic carbocycles. The zero-order valence-electron chi connectivity index (χ0n) is 11.3. The van der Waals surface area contributed by atoms with Gasteiger partial charge in [-0.15, -0.1) is 0 Å². The average Bonchev–Trinajstić information content (AvgIpc) is 2.68. The molecule has 1 aliphatic heterocycles. The molecule has 6 heteroatoms. The first-order chi connectivity index (χ1) is 9.58. The van der Waals surface area contributed by atoms with Gasteiger partial charge in [0.25, 0.3) is 0 Å². The summed E-state index contributed by atoms with van der Waals surface area (Å²) in [5.41, 5.74) is 0.666. The van der Waals surface area contributed by atoms with E-state index in [-0.39, 0.29) is 6.54 Å². The third-order valence-electron chi connectivity index (χ3n) is 3.14. The van der Waals surface area contributed by atoms with Gasteiger partial charge in [-0.25, -0.2) is 0 Å². The largest absolute Gasteiger partial charge is 0.490 e. The zero-order valence-corrected chi connectivity index (χ0v) is 11.3. The summed E-state index contributed by atoms with van der Waals surface area (Å²) in [6.07, 6.45) is 0.0264. The summed E-state index contributed by atoms with van der Waals surface area (Å²) >= 11 is 0. The van der Waals surface area contributed by atoms with Crippen molar-refractivity contribution in [3.8, 4) is 11.5 Å². The first kappa shape index (κ1) is 14.6. The van der Waals surface area contributed by atoms with Gasteiger partial charge >= 0.3 is 5.97 Å². The van der Waals surface area contributed by atoms with Crippen LogP contribution in [0, 0.1) is 0 Å². The average molecular weight is 281 g/mol. The molecule has 0 saturated carbocycles. The van der Waals surface area contributed by atoms with Gasteiger partial charge in [0.2, 0.25) is 0 Å². The van der Waals surface area contributed by atoms with Crippen molar-refractivity contribution in [2.45, 2.75) is 25.5 Å². The fourth-order valence-corrected chi connectivity index (χ4v) is 1.88. The molecule has 110 valence electrons. The van der Waals surface area contributed by atoms with Crippen LogP contribution in [0.2, 0.25) is 0 Å². The molecule has 20 heavy (non-hydrogen) atoms. The fraction of sp³-hybridized carbons (Fsp3) is 0.500. The molecular formula is C14H19NO5. The number of carboxylic acid groups (broad SMARTS) is 1. The van der Waals surface area contributed by atoms with E-state index in [1.807, 2.05) is 0 Å². The number of aliphatic hydroxyl groups is 1. The highest BCUT2D eigenvalue weighted by Gasteiger charge is 2.16. The monoisotopic (exact) mass is 281 g/mol. The molecule has 0 fully saturated rings. The maximum Gasteiger partial charge on any atom is 0.320 e. The number of hydrogen-bond acceptors (Lipinski definition) is 5. The molecule has 1 aromatic carbocycles. The van der Waals surface area contributed by atoms with Crippen LogP contribution in [0.15, 0.2) is 18.2 Å². The van der Waals surface area contributed by atoms with Crippen molar-refractivity contribution in [1.29, 1.82) is 0 Å². The number of ether oxygens (including phenoxy) is 2. The number of carbonyl (C=O) groups is 1. The Morgan fingerprint density at radius 2 is 2.05 bits per heavy atom. The molecule has 1 heterocycles. The topological polar surface area (TPSA) is 88.0 Å². The quantitative estimate of drug-likeness (QED) is 0.744. The van der Waals surface area contributed by atoms with E-state index in [0.717, 1.165) is 6.42 Å². The molecule has 2 unspecified atom stereocenters. The van der Waals surface area contributed by atoms with E-state index >= 15 is 0 Å². The number of carboxylic acids is 1. The minimum atomic E-state index is -0.948. The van der Waals surface area contributed by atoms with E-state index in [0.29, 0.717) is 30.3 Å². The van der Waals surface area contributed by atoms with Gasteiger partial charge in [0.1, 0.15) is 6.04 Å². The van der Waals surface area contributed by atoms with E-state index in [4.69, 9.17) is 14.6 Å². The van der Waals surface area contributed by atoms with E-state index in [1.54, 1.807) is 18.2 Å². The van der Waals surface area contributed by atoms with Gasteiger partial charge in [-0.1, -0.05) is 6.07 Å². The summed E-state index contributed by atoms with van der Waals surface area (Å²) in [6.45, 7) is 2.89. The maximum absolute atomic E-state index is 10.7. The molecular weight excluding hydrogens is 262 g/mol. The summed E-state index contributed by atoms with van der Waals surface area (Å²) in [5, 5.41) is 21.6. The smallest absolute Gasteiger partial charge is 0.320 e. The molecule has 3 N–H and O–H groups in total. The van der Waals surface area contributed by atoms with Crippen LogP contribution in [0.1, 0.15) is 25.0 Å². The maximum atomic E-state index is 10.7. The van der Waals surface area contributed by atoms with Crippen LogP contribution < -0.4 is 14.8 Å². The number of aliphatic hydroxyl groups excluding tert-OH is 1. The predicted octanol–water partition coefficient (Wildman–Crippen LogP) is 0.944. The van der Waals surface area contributed by atoms with E-state index < -0.39 is 18.1 Å². The van der Waals surface area contributed by atoms with Crippen LogP contribution in [-0.2, 0) is 4.79 Å². The summed E-state index contributed by atoms with van der Waals surface area (Å²) in [4.78, 5) is 10.7. The Hall–Kier alpha value is -1.79. The SMILES string of the molecule is CC(NCC(O)c1ccc2c(c1)OCCCO2)C(=O)O. The van der Waals surface area contributed by atoms with Crippen molar-refractivity contribution in [3.05, 3.63) is 23.8 Å². The zero-order chi connectivity index (χ0) is 14.5. The van der Waals surface area contributed by atoms with Crippen LogP contribution in [0.3, 0.4) is 0 Å². The van der Waals surface area contributed by atoms with Crippen LogP contribution in [0.5, 0.6) is 11.5 Å². The van der Waals surface area contributed by atoms with Crippen LogP contribution in [-0.4, -0.2) is 42.0 Å². The van der Waals surface area contributed by atoms with Gasteiger partial charge in [0.05, 0.1) is 19.3 Å². The van der Waals surface area contributed by atoms with Gasteiger partial charge < -0.3 is 25.0 Å². The lowest BCUT2D eigenvalue weighted by atomic mass is 10.1. The molecule has 0 spiro atoms. The van der Waals surface area contributed by atoms with Crippen LogP contribution in [0.25, 0.3) is 0 Å². The normalized spacial score (nSPS) is 17.1. The Morgan fingerprint density at radius 3 is 2.75 bits per heavy atom. The van der Waals surface area contributed by atoms with Gasteiger partial charge in [0.15, 0.2) is 11.5 Å². The predicted molar refractivity (Wildman–Crippen MR) is 72.1 cm³/mol. The van der Waals surface area contributed by atoms with Crippen molar-refractivity contribution in [1.82, 2.24) is 5.32 Å². The Labute approximate surface area is 117 Å². The fourth-order valence-electron chi connectivity index (χ4n) is 1.88. The summed E-state index contributed by atoms with van der Waals surface area (Å²) in [6, 6.07) is 4.55. The first-order valence-corrected chi connectivity index (χ1v) is 6.61. The molecule has 0 amide bonds. The minimum Gasteiger partial charge on any atom is -0.490 e. The highest BCUT2D eigenvalue weighted by molar-refractivity contribution is 5.72. The number of rotatable bonds is 5. The summed E-state index contributed by atoms with van der Waals surface area (Å²) < 4.78 is 11.1. The molecule has 1 aliphatic rings. The molecule has 0 radical (unpaired) electrons. The van der Waals surface area contributed by atoms with E-state index in [9.17, 15) is 9.90 Å². The number of nitrogens with one attached hydrogen (secondary N) is 1. The van der Waals surface area contributed by atoms with Crippen LogP contribution >= 0.6 is 0 Å². The molecule has 2 rings (SSSR count). The van der Waals surface area contributed by atoms with E-state index in [1.165, 1.54) is 6.92 Å². The lowest BCUT2D eigenvalue weighted by Gasteiger charge is -2.16. The van der Waals surface area contributed by atoms with Crippen molar-refractivity contribution in [2.24, 2.45) is 0 Å².